The molecule has 2 atom stereocenters. The predicted molar refractivity (Wildman–Crippen MR) is 99.7 cm³/mol. The minimum absolute atomic E-state index is 0.158. The molecule has 2 fully saturated rings. The van der Waals surface area contributed by atoms with E-state index in [2.05, 4.69) is 28.5 Å². The second-order valence-corrected chi connectivity index (χ2v) is 8.27. The number of rotatable bonds is 2. The van der Waals surface area contributed by atoms with Gasteiger partial charge in [-0.1, -0.05) is 0 Å². The van der Waals surface area contributed by atoms with Crippen molar-refractivity contribution in [2.24, 2.45) is 11.8 Å². The number of fused-ring (bicyclic) bond motifs is 2. The molecule has 5 rings (SSSR count). The second kappa shape index (κ2) is 6.09. The third-order valence-electron chi connectivity index (χ3n) is 5.73. The minimum atomic E-state index is -0.708. The van der Waals surface area contributed by atoms with Crippen LogP contribution < -0.4 is 9.80 Å². The molecule has 3 heterocycles. The summed E-state index contributed by atoms with van der Waals surface area (Å²) >= 11 is 2.61. The van der Waals surface area contributed by atoms with E-state index in [9.17, 15) is 13.2 Å². The maximum atomic E-state index is 14.9. The first-order valence-electron chi connectivity index (χ1n) is 8.98. The van der Waals surface area contributed by atoms with E-state index < -0.39 is 17.5 Å². The van der Waals surface area contributed by atoms with Crippen LogP contribution in [0.1, 0.15) is 12.5 Å². The fraction of sp³-hybridized carbons (Fsp3) is 0.238. The van der Waals surface area contributed by atoms with Gasteiger partial charge in [-0.25, -0.2) is 4.39 Å². The molecule has 0 amide bonds. The van der Waals surface area contributed by atoms with Crippen molar-refractivity contribution in [1.82, 2.24) is 4.98 Å². The Kier molecular flexibility index (Phi) is 3.87. The standard InChI is InChI=1S/C21H16F3N3.V/c1-11-8-27(19-4-3-15(22)6-17(19)23)20-16(12(11)2)7-18(24)21(25-20)26-9-13-5-14(13)10-26;/h3-4,6-8,13-14H,2,9-10H2,1H3;/t13-,14+;. The van der Waals surface area contributed by atoms with E-state index in [0.717, 1.165) is 24.7 Å². The van der Waals surface area contributed by atoms with Gasteiger partial charge < -0.3 is 0 Å². The summed E-state index contributed by atoms with van der Waals surface area (Å²) in [6, 6.07) is 4.80. The quantitative estimate of drug-likeness (QED) is 0.723. The van der Waals surface area contributed by atoms with Gasteiger partial charge in [0, 0.05) is 0 Å². The Bertz CT molecular complexity index is 1080. The molecule has 1 aliphatic carbocycles. The first kappa shape index (κ1) is 17.8. The molecule has 141 valence electrons. The van der Waals surface area contributed by atoms with Crippen molar-refractivity contribution in [2.45, 2.75) is 6.92 Å². The summed E-state index contributed by atoms with van der Waals surface area (Å²) in [6.07, 6.45) is 1.70. The third kappa shape index (κ3) is 2.59. The number of benzene rings is 1. The van der Waals surface area contributed by atoms with Crippen LogP contribution in [0.25, 0.3) is 5.57 Å². The van der Waals surface area contributed by atoms with Crippen molar-refractivity contribution in [3.05, 3.63) is 65.6 Å². The molecule has 2 aromatic rings. The Morgan fingerprint density at radius 3 is 2.46 bits per heavy atom. The van der Waals surface area contributed by atoms with E-state index in [1.165, 1.54) is 22.4 Å². The van der Waals surface area contributed by atoms with Crippen LogP contribution in [0.4, 0.5) is 30.5 Å². The third-order valence-corrected chi connectivity index (χ3v) is 6.76. The molecule has 3 nitrogen and oxygen atoms in total. The zero-order valence-corrected chi connectivity index (χ0v) is 16.5. The van der Waals surface area contributed by atoms with Crippen LogP contribution in [-0.2, 0) is 17.0 Å². The van der Waals surface area contributed by atoms with Gasteiger partial charge in [-0.05, 0) is 0 Å². The normalized spacial score (nSPS) is 22.9. The molecule has 0 spiro atoms. The van der Waals surface area contributed by atoms with Crippen LogP contribution in [-0.4, -0.2) is 22.3 Å². The molecule has 0 bridgehead atoms. The average Bonchev–Trinajstić information content (AvgIpc) is 3.04. The first-order chi connectivity index (χ1) is 13.3. The van der Waals surface area contributed by atoms with Crippen molar-refractivity contribution in [2.75, 3.05) is 22.9 Å². The topological polar surface area (TPSA) is 19.4 Å². The van der Waals surface area contributed by atoms with Gasteiger partial charge in [0.2, 0.25) is 0 Å². The molecule has 28 heavy (non-hydrogen) atoms. The molecule has 0 radical (unpaired) electrons. The predicted octanol–water partition coefficient (Wildman–Crippen LogP) is 4.35. The van der Waals surface area contributed by atoms with Crippen LogP contribution >= 0.6 is 0 Å². The van der Waals surface area contributed by atoms with Crippen LogP contribution in [0, 0.1) is 29.3 Å². The molecule has 1 saturated carbocycles. The van der Waals surface area contributed by atoms with E-state index in [4.69, 9.17) is 0 Å². The number of pyridine rings is 1. The van der Waals surface area contributed by atoms with E-state index in [0.29, 0.717) is 28.8 Å². The number of anilines is 3. The van der Waals surface area contributed by atoms with Crippen LogP contribution in [0.2, 0.25) is 0 Å². The van der Waals surface area contributed by atoms with Crippen LogP contribution in [0.15, 0.2) is 42.6 Å². The summed E-state index contributed by atoms with van der Waals surface area (Å²) in [5.41, 5.74) is 2.06. The van der Waals surface area contributed by atoms with Gasteiger partial charge in [0.05, 0.1) is 0 Å². The van der Waals surface area contributed by atoms with Crippen molar-refractivity contribution < 1.29 is 30.2 Å². The summed E-state index contributed by atoms with van der Waals surface area (Å²) in [5, 5.41) is 0. The fourth-order valence-corrected chi connectivity index (χ4v) is 4.73. The average molecular weight is 418 g/mol. The van der Waals surface area contributed by atoms with Gasteiger partial charge in [0.25, 0.3) is 0 Å². The van der Waals surface area contributed by atoms with Crippen LogP contribution in [0.5, 0.6) is 0 Å². The van der Waals surface area contributed by atoms with Crippen LogP contribution in [0.3, 0.4) is 0 Å². The molecule has 2 aliphatic heterocycles. The maximum absolute atomic E-state index is 14.9. The molecule has 1 aromatic heterocycles. The number of aromatic nitrogens is 1. The molecule has 0 unspecified atom stereocenters. The van der Waals surface area contributed by atoms with Crippen molar-refractivity contribution in [1.29, 1.82) is 0 Å². The number of hydrogen-bond acceptors (Lipinski definition) is 3. The fourth-order valence-electron chi connectivity index (χ4n) is 4.03. The molecule has 0 N–H and O–H groups in total. The van der Waals surface area contributed by atoms with E-state index in [-0.39, 0.29) is 11.5 Å². The Labute approximate surface area is 169 Å². The summed E-state index contributed by atoms with van der Waals surface area (Å²) in [4.78, 5) is 8.06. The zero-order chi connectivity index (χ0) is 19.7. The van der Waals surface area contributed by atoms with Crippen molar-refractivity contribution >= 4 is 27.1 Å². The van der Waals surface area contributed by atoms with Gasteiger partial charge >= 0.3 is 165 Å². The number of piperidine rings is 1. The SMILES string of the molecule is C=C1C(C)=CN(c2ccc(F)cc2F)c2nc(N3C[C@@H]4[C](=[V])[C@@H]4C3)c(F)cc21. The molecule has 1 saturated heterocycles. The van der Waals surface area contributed by atoms with Crippen molar-refractivity contribution in [3.8, 4) is 0 Å². The van der Waals surface area contributed by atoms with Gasteiger partial charge in [-0.2, -0.15) is 0 Å². The molecule has 7 heteroatoms. The molecular weight excluding hydrogens is 402 g/mol. The van der Waals surface area contributed by atoms with Gasteiger partial charge in [-0.3, -0.25) is 0 Å². The van der Waals surface area contributed by atoms with E-state index in [1.54, 1.807) is 11.1 Å². The van der Waals surface area contributed by atoms with Crippen molar-refractivity contribution in [3.63, 3.8) is 0 Å². The monoisotopic (exact) mass is 418 g/mol. The Balaban J connectivity index is 1.62. The summed E-state index contributed by atoms with van der Waals surface area (Å²) in [6.45, 7) is 7.31. The van der Waals surface area contributed by atoms with Gasteiger partial charge in [0.1, 0.15) is 0 Å². The summed E-state index contributed by atoms with van der Waals surface area (Å²) < 4.78 is 44.2. The molecule has 3 aliphatic rings. The Morgan fingerprint density at radius 1 is 1.07 bits per heavy atom. The van der Waals surface area contributed by atoms with Gasteiger partial charge in [-0.15, -0.1) is 0 Å². The summed E-state index contributed by atoms with van der Waals surface area (Å²) in [7, 11) is 0. The van der Waals surface area contributed by atoms with E-state index in [1.807, 2.05) is 11.8 Å². The first-order valence-corrected chi connectivity index (χ1v) is 9.68. The Morgan fingerprint density at radius 2 is 1.79 bits per heavy atom. The summed E-state index contributed by atoms with van der Waals surface area (Å²) in [5.74, 6) is -0.144. The zero-order valence-electron chi connectivity index (χ0n) is 15.1. The van der Waals surface area contributed by atoms with Gasteiger partial charge in [0.15, 0.2) is 0 Å². The Hall–Kier alpha value is -2.31. The molecule has 1 aromatic carbocycles. The number of hydrogen-bond donors (Lipinski definition) is 0. The van der Waals surface area contributed by atoms with E-state index >= 15 is 0 Å². The number of allylic oxidation sites excluding steroid dienone is 2. The second-order valence-electron chi connectivity index (χ2n) is 7.46. The molecular formula is C21H16F3N3V. The number of halogens is 3. The number of nitrogens with zero attached hydrogens (tertiary/aromatic N) is 3.